The maximum atomic E-state index is 13.5. The molecular formula is C22H20ClNO5S. The number of sulfonamides is 1. The number of rotatable bonds is 7. The molecule has 0 spiro atoms. The van der Waals surface area contributed by atoms with E-state index in [1.807, 2.05) is 0 Å². The van der Waals surface area contributed by atoms with Crippen molar-refractivity contribution in [2.24, 2.45) is 0 Å². The number of hydrogen-bond acceptors (Lipinski definition) is 5. The molecule has 3 aromatic rings. The number of amides is 1. The minimum atomic E-state index is -4.24. The fourth-order valence-electron chi connectivity index (χ4n) is 2.83. The van der Waals surface area contributed by atoms with Crippen LogP contribution >= 0.6 is 11.6 Å². The summed E-state index contributed by atoms with van der Waals surface area (Å²) < 4.78 is 38.4. The normalized spacial score (nSPS) is 11.0. The van der Waals surface area contributed by atoms with Crippen LogP contribution in [-0.2, 0) is 10.0 Å². The average Bonchev–Trinajstić information content (AvgIpc) is 2.75. The molecule has 0 aliphatic heterocycles. The number of anilines is 1. The summed E-state index contributed by atoms with van der Waals surface area (Å²) in [5.74, 6) is 0.0961. The fourth-order valence-corrected chi connectivity index (χ4v) is 4.36. The maximum Gasteiger partial charge on any atom is 0.276 e. The van der Waals surface area contributed by atoms with Gasteiger partial charge in [0, 0.05) is 5.02 Å². The van der Waals surface area contributed by atoms with Crippen molar-refractivity contribution < 1.29 is 22.7 Å². The Labute approximate surface area is 180 Å². The summed E-state index contributed by atoms with van der Waals surface area (Å²) in [6, 6.07) is 18.3. The first-order valence-electron chi connectivity index (χ1n) is 9.09. The second-order valence-electron chi connectivity index (χ2n) is 6.16. The van der Waals surface area contributed by atoms with Crippen molar-refractivity contribution in [3.05, 3.63) is 83.4 Å². The minimum absolute atomic E-state index is 0.0649. The summed E-state index contributed by atoms with van der Waals surface area (Å²) in [6.07, 6.45) is 0. The minimum Gasteiger partial charge on any atom is -0.497 e. The van der Waals surface area contributed by atoms with Crippen LogP contribution in [0.4, 0.5) is 5.69 Å². The number of halogens is 1. The smallest absolute Gasteiger partial charge is 0.276 e. The Morgan fingerprint density at radius 2 is 1.60 bits per heavy atom. The molecule has 0 aliphatic rings. The van der Waals surface area contributed by atoms with Gasteiger partial charge in [0.05, 0.1) is 29.9 Å². The average molecular weight is 446 g/mol. The highest BCUT2D eigenvalue weighted by molar-refractivity contribution is 7.93. The first kappa shape index (κ1) is 21.7. The molecule has 0 saturated carbocycles. The van der Waals surface area contributed by atoms with Gasteiger partial charge in [-0.3, -0.25) is 4.79 Å². The SMILES string of the molecule is CCOc1ccccc1C(=O)N(c1ccc(OC)cc1)S(=O)(=O)c1ccc(Cl)cc1. The number of ether oxygens (including phenoxy) is 2. The molecular weight excluding hydrogens is 426 g/mol. The molecule has 0 unspecified atom stereocenters. The monoisotopic (exact) mass is 445 g/mol. The van der Waals surface area contributed by atoms with E-state index in [-0.39, 0.29) is 16.1 Å². The summed E-state index contributed by atoms with van der Waals surface area (Å²) in [5.41, 5.74) is 0.301. The van der Waals surface area contributed by atoms with Gasteiger partial charge in [0.25, 0.3) is 15.9 Å². The Kier molecular flexibility index (Phi) is 6.64. The van der Waals surface area contributed by atoms with Crippen LogP contribution in [0.1, 0.15) is 17.3 Å². The Hall–Kier alpha value is -3.03. The van der Waals surface area contributed by atoms with Gasteiger partial charge in [-0.25, -0.2) is 8.42 Å². The van der Waals surface area contributed by atoms with Crippen LogP contribution in [0.25, 0.3) is 0 Å². The zero-order chi connectivity index (χ0) is 21.7. The molecule has 3 aromatic carbocycles. The zero-order valence-corrected chi connectivity index (χ0v) is 18.0. The van der Waals surface area contributed by atoms with Crippen LogP contribution in [0, 0.1) is 0 Å². The maximum absolute atomic E-state index is 13.5. The summed E-state index contributed by atoms with van der Waals surface area (Å²) in [5, 5.41) is 0.387. The van der Waals surface area contributed by atoms with Crippen molar-refractivity contribution in [2.45, 2.75) is 11.8 Å². The van der Waals surface area contributed by atoms with Crippen molar-refractivity contribution in [3.63, 3.8) is 0 Å². The molecule has 0 fully saturated rings. The molecule has 0 saturated heterocycles. The molecule has 30 heavy (non-hydrogen) atoms. The second kappa shape index (κ2) is 9.19. The van der Waals surface area contributed by atoms with Crippen LogP contribution in [0.5, 0.6) is 11.5 Å². The summed E-state index contributed by atoms with van der Waals surface area (Å²) in [6.45, 7) is 2.11. The largest absolute Gasteiger partial charge is 0.497 e. The van der Waals surface area contributed by atoms with Crippen LogP contribution in [0.15, 0.2) is 77.7 Å². The van der Waals surface area contributed by atoms with Crippen molar-refractivity contribution in [1.82, 2.24) is 0 Å². The van der Waals surface area contributed by atoms with Gasteiger partial charge in [-0.1, -0.05) is 23.7 Å². The third kappa shape index (κ3) is 4.42. The fraction of sp³-hybridized carbons (Fsp3) is 0.136. The number of carbonyl (C=O) groups excluding carboxylic acids is 1. The van der Waals surface area contributed by atoms with Crippen LogP contribution in [-0.4, -0.2) is 28.0 Å². The van der Waals surface area contributed by atoms with Crippen molar-refractivity contribution in [3.8, 4) is 11.5 Å². The summed E-state index contributed by atoms with van der Waals surface area (Å²) in [4.78, 5) is 13.4. The van der Waals surface area contributed by atoms with Crippen molar-refractivity contribution >= 4 is 33.2 Å². The third-order valence-electron chi connectivity index (χ3n) is 4.26. The first-order valence-corrected chi connectivity index (χ1v) is 10.9. The molecule has 0 atom stereocenters. The highest BCUT2D eigenvalue weighted by Gasteiger charge is 2.33. The number of hydrogen-bond donors (Lipinski definition) is 0. The van der Waals surface area contributed by atoms with E-state index in [0.717, 1.165) is 4.31 Å². The lowest BCUT2D eigenvalue weighted by Gasteiger charge is -2.24. The molecule has 0 radical (unpaired) electrons. The van der Waals surface area contributed by atoms with Gasteiger partial charge in [-0.05, 0) is 67.6 Å². The quantitative estimate of drug-likeness (QED) is 0.523. The molecule has 8 heteroatoms. The highest BCUT2D eigenvalue weighted by Crippen LogP contribution is 2.30. The number of benzene rings is 3. The van der Waals surface area contributed by atoms with Gasteiger partial charge in [0.2, 0.25) is 0 Å². The van der Waals surface area contributed by atoms with E-state index in [1.54, 1.807) is 37.3 Å². The Morgan fingerprint density at radius 3 is 2.20 bits per heavy atom. The van der Waals surface area contributed by atoms with Gasteiger partial charge < -0.3 is 9.47 Å². The molecule has 3 rings (SSSR count). The number of para-hydroxylation sites is 1. The van der Waals surface area contributed by atoms with E-state index in [0.29, 0.717) is 23.1 Å². The number of methoxy groups -OCH3 is 1. The topological polar surface area (TPSA) is 72.9 Å². The number of carbonyl (C=O) groups is 1. The second-order valence-corrected chi connectivity index (χ2v) is 8.38. The predicted octanol–water partition coefficient (Wildman–Crippen LogP) is 4.78. The van der Waals surface area contributed by atoms with Crippen LogP contribution in [0.3, 0.4) is 0 Å². The molecule has 0 aromatic heterocycles. The molecule has 156 valence electrons. The lowest BCUT2D eigenvalue weighted by Crippen LogP contribution is -2.37. The molecule has 1 amide bonds. The van der Waals surface area contributed by atoms with Crippen molar-refractivity contribution in [1.29, 1.82) is 0 Å². The molecule has 0 aliphatic carbocycles. The van der Waals surface area contributed by atoms with Gasteiger partial charge in [0.1, 0.15) is 11.5 Å². The highest BCUT2D eigenvalue weighted by atomic mass is 35.5. The first-order chi connectivity index (χ1) is 14.4. The third-order valence-corrected chi connectivity index (χ3v) is 6.24. The van der Waals surface area contributed by atoms with E-state index >= 15 is 0 Å². The Balaban J connectivity index is 2.17. The van der Waals surface area contributed by atoms with E-state index in [2.05, 4.69) is 0 Å². The van der Waals surface area contributed by atoms with Gasteiger partial charge in [-0.2, -0.15) is 4.31 Å². The molecule has 0 N–H and O–H groups in total. The summed E-state index contributed by atoms with van der Waals surface area (Å²) in [7, 11) is -2.74. The van der Waals surface area contributed by atoms with Gasteiger partial charge in [-0.15, -0.1) is 0 Å². The molecule has 0 heterocycles. The Bertz CT molecular complexity index is 1130. The molecule has 0 bridgehead atoms. The molecule has 6 nitrogen and oxygen atoms in total. The van der Waals surface area contributed by atoms with E-state index in [9.17, 15) is 13.2 Å². The van der Waals surface area contributed by atoms with E-state index in [1.165, 1.54) is 49.6 Å². The van der Waals surface area contributed by atoms with Gasteiger partial charge >= 0.3 is 0 Å². The zero-order valence-electron chi connectivity index (χ0n) is 16.4. The standard InChI is InChI=1S/C22H20ClNO5S/c1-3-29-21-7-5-4-6-20(21)22(25)24(17-10-12-18(28-2)13-11-17)30(26,27)19-14-8-16(23)9-15-19/h4-15H,3H2,1-2H3. The van der Waals surface area contributed by atoms with E-state index < -0.39 is 15.9 Å². The predicted molar refractivity (Wildman–Crippen MR) is 116 cm³/mol. The van der Waals surface area contributed by atoms with E-state index in [4.69, 9.17) is 21.1 Å². The van der Waals surface area contributed by atoms with Gasteiger partial charge in [0.15, 0.2) is 0 Å². The lowest BCUT2D eigenvalue weighted by molar-refractivity contribution is 0.100. The van der Waals surface area contributed by atoms with Crippen LogP contribution < -0.4 is 13.8 Å². The lowest BCUT2D eigenvalue weighted by atomic mass is 10.2. The van der Waals surface area contributed by atoms with Crippen molar-refractivity contribution in [2.75, 3.05) is 18.0 Å². The summed E-state index contributed by atoms with van der Waals surface area (Å²) >= 11 is 5.90. The van der Waals surface area contributed by atoms with Crippen LogP contribution in [0.2, 0.25) is 5.02 Å². The Morgan fingerprint density at radius 1 is 0.967 bits per heavy atom. The number of nitrogens with zero attached hydrogens (tertiary/aromatic N) is 1.